The molecule has 1 rings (SSSR count). The van der Waals surface area contributed by atoms with Gasteiger partial charge in [0.05, 0.1) is 0 Å². The Balaban J connectivity index is 0.000000354. The van der Waals surface area contributed by atoms with Gasteiger partial charge in [-0.05, 0) is 25.4 Å². The molecule has 0 saturated heterocycles. The monoisotopic (exact) mass is 204 g/mol. The molecule has 0 radical (unpaired) electrons. The first-order valence-electron chi connectivity index (χ1n) is 3.67. The summed E-state index contributed by atoms with van der Waals surface area (Å²) in [6.07, 6.45) is 10.5. The lowest BCUT2D eigenvalue weighted by molar-refractivity contribution is -0.104. The second-order valence-corrected chi connectivity index (χ2v) is 3.54. The molecule has 1 aliphatic rings. The average Bonchev–Trinajstić information content (AvgIpc) is 2.07. The van der Waals surface area contributed by atoms with Gasteiger partial charge in [-0.1, -0.05) is 23.8 Å². The largest absolute Gasteiger partial charge is 0.298 e. The third-order valence-corrected chi connectivity index (χ3v) is 1.63. The molecule has 12 heavy (non-hydrogen) atoms. The lowest BCUT2D eigenvalue weighted by atomic mass is 10.1. The number of rotatable bonds is 1. The second kappa shape index (κ2) is 7.44. The average molecular weight is 205 g/mol. The van der Waals surface area contributed by atoms with E-state index in [-0.39, 0.29) is 0 Å². The molecule has 3 heteroatoms. The summed E-state index contributed by atoms with van der Waals surface area (Å²) in [6, 6.07) is 0. The Morgan fingerprint density at radius 2 is 1.92 bits per heavy atom. The predicted octanol–water partition coefficient (Wildman–Crippen LogP) is 3.01. The van der Waals surface area contributed by atoms with Gasteiger partial charge in [0.25, 0.3) is 0 Å². The van der Waals surface area contributed by atoms with Crippen molar-refractivity contribution in [2.45, 2.75) is 12.8 Å². The number of halogens is 1. The van der Waals surface area contributed by atoms with Crippen molar-refractivity contribution in [2.75, 3.05) is 12.5 Å². The summed E-state index contributed by atoms with van der Waals surface area (Å²) in [5.74, 6) is 0. The highest BCUT2D eigenvalue weighted by Crippen LogP contribution is 2.19. The van der Waals surface area contributed by atoms with Crippen molar-refractivity contribution in [3.8, 4) is 0 Å². The van der Waals surface area contributed by atoms with Crippen LogP contribution in [0.3, 0.4) is 0 Å². The maximum absolute atomic E-state index is 10.2. The van der Waals surface area contributed by atoms with Gasteiger partial charge in [0.2, 0.25) is 0 Å². The molecule has 0 N–H and O–H groups in total. The molecule has 0 fully saturated rings. The Morgan fingerprint density at radius 3 is 2.25 bits per heavy atom. The first-order chi connectivity index (χ1) is 5.76. The van der Waals surface area contributed by atoms with Crippen molar-refractivity contribution >= 4 is 29.6 Å². The predicted molar refractivity (Wildman–Crippen MR) is 56.8 cm³/mol. The number of hydrogen-bond acceptors (Lipinski definition) is 2. The van der Waals surface area contributed by atoms with Gasteiger partial charge < -0.3 is 0 Å². The minimum Gasteiger partial charge on any atom is -0.298 e. The molecule has 0 spiro atoms. The smallest absolute Gasteiger partial charge is 0.151 e. The molecule has 0 amide bonds. The van der Waals surface area contributed by atoms with Crippen LogP contribution in [0.25, 0.3) is 0 Å². The molecule has 0 atom stereocenters. The zero-order valence-electron chi connectivity index (χ0n) is 7.34. The van der Waals surface area contributed by atoms with Crippen LogP contribution in [0.15, 0.2) is 22.8 Å². The zero-order chi connectivity index (χ0) is 9.40. The number of hydrogen-bond donors (Lipinski definition) is 0. The van der Waals surface area contributed by atoms with Crippen molar-refractivity contribution in [3.05, 3.63) is 22.8 Å². The topological polar surface area (TPSA) is 17.1 Å². The van der Waals surface area contributed by atoms with Crippen LogP contribution in [0.4, 0.5) is 0 Å². The highest BCUT2D eigenvalue weighted by Gasteiger charge is 2.02. The Labute approximate surface area is 82.9 Å². The van der Waals surface area contributed by atoms with Crippen molar-refractivity contribution in [1.82, 2.24) is 0 Å². The normalized spacial score (nSPS) is 15.2. The van der Waals surface area contributed by atoms with Gasteiger partial charge in [-0.15, -0.1) is 0 Å². The fourth-order valence-corrected chi connectivity index (χ4v) is 0.999. The van der Waals surface area contributed by atoms with Crippen LogP contribution >= 0.6 is 23.4 Å². The third-order valence-electron chi connectivity index (χ3n) is 1.26. The summed E-state index contributed by atoms with van der Waals surface area (Å²) in [5.41, 5.74) is 0.628. The van der Waals surface area contributed by atoms with Gasteiger partial charge in [-0.2, -0.15) is 11.8 Å². The standard InChI is InChI=1S/C7H7ClO.C2H6S/c8-7-4-2-1-3-6(7)5-9;1-3-2/h3-5H,1-2H2;1-2H3. The highest BCUT2D eigenvalue weighted by molar-refractivity contribution is 7.97. The SMILES string of the molecule is CSC.O=CC1=CCCC=C1Cl. The fraction of sp³-hybridized carbons (Fsp3) is 0.444. The lowest BCUT2D eigenvalue weighted by Gasteiger charge is -2.02. The number of thioether (sulfide) groups is 1. The van der Waals surface area contributed by atoms with Crippen LogP contribution in [-0.4, -0.2) is 18.8 Å². The second-order valence-electron chi connectivity index (χ2n) is 2.31. The van der Waals surface area contributed by atoms with Gasteiger partial charge in [0.15, 0.2) is 6.29 Å². The van der Waals surface area contributed by atoms with E-state index in [0.717, 1.165) is 19.1 Å². The van der Waals surface area contributed by atoms with E-state index >= 15 is 0 Å². The van der Waals surface area contributed by atoms with Gasteiger partial charge in [-0.3, -0.25) is 4.79 Å². The summed E-state index contributed by atoms with van der Waals surface area (Å²) in [4.78, 5) is 10.2. The van der Waals surface area contributed by atoms with E-state index in [2.05, 4.69) is 0 Å². The molecule has 0 aromatic heterocycles. The Kier molecular flexibility index (Phi) is 7.31. The summed E-state index contributed by atoms with van der Waals surface area (Å²) in [5, 5.41) is 0.594. The van der Waals surface area contributed by atoms with Crippen LogP contribution < -0.4 is 0 Å². The molecular formula is C9H13ClOS. The highest BCUT2D eigenvalue weighted by atomic mass is 35.5. The summed E-state index contributed by atoms with van der Waals surface area (Å²) in [7, 11) is 0. The Bertz CT molecular complexity index is 197. The molecule has 68 valence electrons. The van der Waals surface area contributed by atoms with E-state index in [1.54, 1.807) is 11.8 Å². The van der Waals surface area contributed by atoms with Gasteiger partial charge >= 0.3 is 0 Å². The van der Waals surface area contributed by atoms with Crippen molar-refractivity contribution in [3.63, 3.8) is 0 Å². The molecule has 0 bridgehead atoms. The molecule has 1 aliphatic carbocycles. The molecule has 1 nitrogen and oxygen atoms in total. The fourth-order valence-electron chi connectivity index (χ4n) is 0.769. The van der Waals surface area contributed by atoms with Gasteiger partial charge in [0.1, 0.15) is 0 Å². The summed E-state index contributed by atoms with van der Waals surface area (Å²) >= 11 is 7.39. The minimum atomic E-state index is 0.594. The van der Waals surface area contributed by atoms with Crippen molar-refractivity contribution in [1.29, 1.82) is 0 Å². The molecule has 0 aromatic rings. The van der Waals surface area contributed by atoms with E-state index in [1.165, 1.54) is 0 Å². The Hall–Kier alpha value is -0.210. The van der Waals surface area contributed by atoms with Crippen molar-refractivity contribution in [2.24, 2.45) is 0 Å². The number of aldehydes is 1. The summed E-state index contributed by atoms with van der Waals surface area (Å²) < 4.78 is 0. The van der Waals surface area contributed by atoms with E-state index in [0.29, 0.717) is 10.6 Å². The first kappa shape index (κ1) is 11.8. The number of allylic oxidation sites excluding steroid dienone is 4. The third kappa shape index (κ3) is 4.62. The molecule has 0 unspecified atom stereocenters. The van der Waals surface area contributed by atoms with Crippen LogP contribution in [0.1, 0.15) is 12.8 Å². The lowest BCUT2D eigenvalue weighted by Crippen LogP contribution is -1.89. The van der Waals surface area contributed by atoms with Gasteiger partial charge in [0, 0.05) is 10.6 Å². The Morgan fingerprint density at radius 1 is 1.42 bits per heavy atom. The number of carbonyl (C=O) groups excluding carboxylic acids is 1. The van der Waals surface area contributed by atoms with Crippen molar-refractivity contribution < 1.29 is 4.79 Å². The quantitative estimate of drug-likeness (QED) is 0.611. The van der Waals surface area contributed by atoms with Crippen LogP contribution in [0.2, 0.25) is 0 Å². The van der Waals surface area contributed by atoms with Crippen LogP contribution in [0, 0.1) is 0 Å². The molecule has 0 saturated carbocycles. The molecule has 0 aromatic carbocycles. The van der Waals surface area contributed by atoms with Crippen LogP contribution in [-0.2, 0) is 4.79 Å². The van der Waals surface area contributed by atoms with E-state index in [9.17, 15) is 4.79 Å². The van der Waals surface area contributed by atoms with E-state index < -0.39 is 0 Å². The van der Waals surface area contributed by atoms with Gasteiger partial charge in [-0.25, -0.2) is 0 Å². The maximum atomic E-state index is 10.2. The number of carbonyl (C=O) groups is 1. The molecule has 0 aliphatic heterocycles. The zero-order valence-corrected chi connectivity index (χ0v) is 8.91. The van der Waals surface area contributed by atoms with Crippen LogP contribution in [0.5, 0.6) is 0 Å². The van der Waals surface area contributed by atoms with E-state index in [1.807, 2.05) is 24.7 Å². The first-order valence-corrected chi connectivity index (χ1v) is 5.68. The summed E-state index contributed by atoms with van der Waals surface area (Å²) in [6.45, 7) is 0. The maximum Gasteiger partial charge on any atom is 0.151 e. The minimum absolute atomic E-state index is 0.594. The molecular weight excluding hydrogens is 192 g/mol. The molecule has 0 heterocycles. The van der Waals surface area contributed by atoms with E-state index in [4.69, 9.17) is 11.6 Å².